The number of unbranched alkanes of at least 4 members (excludes halogenated alkanes) is 33. The summed E-state index contributed by atoms with van der Waals surface area (Å²) in [6.45, 7) is 6.61. The van der Waals surface area contributed by atoms with Crippen LogP contribution >= 0.6 is 0 Å². The van der Waals surface area contributed by atoms with E-state index in [1.807, 2.05) is 0 Å². The lowest BCUT2D eigenvalue weighted by atomic mass is 10.0. The van der Waals surface area contributed by atoms with E-state index >= 15 is 0 Å². The van der Waals surface area contributed by atoms with Crippen molar-refractivity contribution < 1.29 is 28.6 Å². The van der Waals surface area contributed by atoms with E-state index in [0.717, 1.165) is 83.5 Å². The zero-order valence-corrected chi connectivity index (χ0v) is 44.0. The molecule has 66 heavy (non-hydrogen) atoms. The predicted molar refractivity (Wildman–Crippen MR) is 284 cm³/mol. The Morgan fingerprint density at radius 3 is 0.894 bits per heavy atom. The van der Waals surface area contributed by atoms with E-state index in [1.54, 1.807) is 0 Å². The lowest BCUT2D eigenvalue weighted by molar-refractivity contribution is -0.167. The van der Waals surface area contributed by atoms with Gasteiger partial charge in [0.25, 0.3) is 0 Å². The van der Waals surface area contributed by atoms with Crippen molar-refractivity contribution in [2.45, 2.75) is 303 Å². The van der Waals surface area contributed by atoms with Crippen molar-refractivity contribution in [1.82, 2.24) is 0 Å². The highest BCUT2D eigenvalue weighted by molar-refractivity contribution is 5.71. The summed E-state index contributed by atoms with van der Waals surface area (Å²) in [6, 6.07) is 0. The molecule has 0 aromatic carbocycles. The van der Waals surface area contributed by atoms with Crippen molar-refractivity contribution in [3.05, 3.63) is 48.6 Å². The quantitative estimate of drug-likeness (QED) is 0.0262. The Morgan fingerprint density at radius 1 is 0.303 bits per heavy atom. The molecule has 0 saturated heterocycles. The van der Waals surface area contributed by atoms with Crippen molar-refractivity contribution in [3.8, 4) is 0 Å². The van der Waals surface area contributed by atoms with Gasteiger partial charge in [-0.15, -0.1) is 0 Å². The van der Waals surface area contributed by atoms with E-state index in [-0.39, 0.29) is 31.1 Å². The van der Waals surface area contributed by atoms with Crippen LogP contribution in [-0.2, 0) is 28.6 Å². The maximum atomic E-state index is 12.8. The van der Waals surface area contributed by atoms with E-state index < -0.39 is 6.10 Å². The molecule has 0 amide bonds. The van der Waals surface area contributed by atoms with Gasteiger partial charge in [0.2, 0.25) is 0 Å². The summed E-state index contributed by atoms with van der Waals surface area (Å²) >= 11 is 0. The van der Waals surface area contributed by atoms with Crippen LogP contribution in [0.15, 0.2) is 48.6 Å². The Labute approximate surface area is 409 Å². The standard InChI is InChI=1S/C60H108O6/c1-4-7-10-13-16-19-22-25-27-28-29-30-31-32-34-35-38-41-44-47-50-53-59(62)65-56-57(55-64-58(61)52-49-46-43-40-37-24-21-18-15-12-9-6-3)66-60(63)54-51-48-45-42-39-36-33-26-23-20-17-14-11-8-5-2/h18,21-22,25,28-29,31-32,57H,4-17,19-20,23-24,26-27,30,33-56H2,1-3H3/b21-18-,25-22-,29-28-,32-31-. The van der Waals surface area contributed by atoms with Crippen LogP contribution in [0.5, 0.6) is 0 Å². The maximum absolute atomic E-state index is 12.8. The van der Waals surface area contributed by atoms with Gasteiger partial charge >= 0.3 is 17.9 Å². The summed E-state index contributed by atoms with van der Waals surface area (Å²) in [7, 11) is 0. The van der Waals surface area contributed by atoms with Crippen molar-refractivity contribution in [3.63, 3.8) is 0 Å². The first-order valence-electron chi connectivity index (χ1n) is 28.6. The smallest absolute Gasteiger partial charge is 0.306 e. The molecule has 0 fully saturated rings. The molecule has 0 aromatic rings. The Balaban J connectivity index is 4.34. The Bertz CT molecular complexity index is 1150. The second kappa shape index (κ2) is 55.0. The molecule has 0 saturated carbocycles. The molecule has 384 valence electrons. The number of hydrogen-bond acceptors (Lipinski definition) is 6. The third-order valence-electron chi connectivity index (χ3n) is 12.6. The summed E-state index contributed by atoms with van der Waals surface area (Å²) in [5, 5.41) is 0. The highest BCUT2D eigenvalue weighted by Crippen LogP contribution is 2.16. The fourth-order valence-corrected chi connectivity index (χ4v) is 8.21. The van der Waals surface area contributed by atoms with Gasteiger partial charge < -0.3 is 14.2 Å². The van der Waals surface area contributed by atoms with Crippen molar-refractivity contribution >= 4 is 17.9 Å². The second-order valence-corrected chi connectivity index (χ2v) is 19.2. The van der Waals surface area contributed by atoms with Crippen molar-refractivity contribution in [2.75, 3.05) is 13.2 Å². The van der Waals surface area contributed by atoms with E-state index in [9.17, 15) is 14.4 Å². The number of rotatable bonds is 52. The number of esters is 3. The molecule has 1 atom stereocenters. The van der Waals surface area contributed by atoms with Gasteiger partial charge in [0.1, 0.15) is 13.2 Å². The minimum atomic E-state index is -0.779. The Morgan fingerprint density at radius 2 is 0.545 bits per heavy atom. The topological polar surface area (TPSA) is 78.9 Å². The minimum absolute atomic E-state index is 0.0792. The summed E-state index contributed by atoms with van der Waals surface area (Å²) < 4.78 is 16.8. The van der Waals surface area contributed by atoms with Gasteiger partial charge in [-0.2, -0.15) is 0 Å². The Hall–Kier alpha value is -2.63. The zero-order chi connectivity index (χ0) is 47.9. The van der Waals surface area contributed by atoms with Crippen LogP contribution in [0.25, 0.3) is 0 Å². The van der Waals surface area contributed by atoms with Gasteiger partial charge in [0.15, 0.2) is 6.10 Å². The first-order chi connectivity index (χ1) is 32.5. The fourth-order valence-electron chi connectivity index (χ4n) is 8.21. The molecule has 6 heteroatoms. The molecule has 0 aliphatic heterocycles. The van der Waals surface area contributed by atoms with Crippen LogP contribution in [0, 0.1) is 0 Å². The molecule has 0 rings (SSSR count). The lowest BCUT2D eigenvalue weighted by Gasteiger charge is -2.18. The van der Waals surface area contributed by atoms with Crippen LogP contribution in [0.1, 0.15) is 297 Å². The SMILES string of the molecule is CCCCC/C=C\CCCCCCCC(=O)OCC(COC(=O)CCCCCCCC/C=C\C/C=C\C/C=C\CCCCCCC)OC(=O)CCCCCCCCCCCCCCCCC. The predicted octanol–water partition coefficient (Wildman–Crippen LogP) is 19.0. The third kappa shape index (κ3) is 52.3. The normalized spacial score (nSPS) is 12.3. The molecular weight excluding hydrogens is 817 g/mol. The lowest BCUT2D eigenvalue weighted by Crippen LogP contribution is -2.30. The van der Waals surface area contributed by atoms with Gasteiger partial charge in [-0.25, -0.2) is 0 Å². The first kappa shape index (κ1) is 63.4. The summed E-state index contributed by atoms with van der Waals surface area (Å²) in [4.78, 5) is 38.1. The average Bonchev–Trinajstić information content (AvgIpc) is 3.31. The van der Waals surface area contributed by atoms with E-state index in [0.29, 0.717) is 19.3 Å². The molecule has 6 nitrogen and oxygen atoms in total. The summed E-state index contributed by atoms with van der Waals surface area (Å²) in [5.74, 6) is -0.887. The monoisotopic (exact) mass is 925 g/mol. The molecule has 1 unspecified atom stereocenters. The number of carbonyl (C=O) groups excluding carboxylic acids is 3. The molecule has 0 aromatic heterocycles. The minimum Gasteiger partial charge on any atom is -0.462 e. The number of carbonyl (C=O) groups is 3. The van der Waals surface area contributed by atoms with Crippen LogP contribution in [0.4, 0.5) is 0 Å². The third-order valence-corrected chi connectivity index (χ3v) is 12.6. The van der Waals surface area contributed by atoms with E-state index in [4.69, 9.17) is 14.2 Å². The number of hydrogen-bond donors (Lipinski definition) is 0. The fraction of sp³-hybridized carbons (Fsp3) is 0.817. The highest BCUT2D eigenvalue weighted by atomic mass is 16.6. The van der Waals surface area contributed by atoms with Gasteiger partial charge in [-0.3, -0.25) is 14.4 Å². The largest absolute Gasteiger partial charge is 0.462 e. The van der Waals surface area contributed by atoms with E-state index in [1.165, 1.54) is 173 Å². The number of allylic oxidation sites excluding steroid dienone is 8. The second-order valence-electron chi connectivity index (χ2n) is 19.2. The Kier molecular flexibility index (Phi) is 52.8. The van der Waals surface area contributed by atoms with Crippen molar-refractivity contribution in [1.29, 1.82) is 0 Å². The molecule has 0 heterocycles. The maximum Gasteiger partial charge on any atom is 0.306 e. The zero-order valence-electron chi connectivity index (χ0n) is 44.0. The van der Waals surface area contributed by atoms with E-state index in [2.05, 4.69) is 69.4 Å². The average molecular weight is 926 g/mol. The van der Waals surface area contributed by atoms with Gasteiger partial charge in [-0.1, -0.05) is 243 Å². The first-order valence-corrected chi connectivity index (χ1v) is 28.6. The van der Waals surface area contributed by atoms with Crippen molar-refractivity contribution in [2.24, 2.45) is 0 Å². The molecule has 0 spiro atoms. The van der Waals surface area contributed by atoms with Crippen LogP contribution < -0.4 is 0 Å². The molecule has 0 aliphatic carbocycles. The van der Waals surface area contributed by atoms with Crippen LogP contribution in [0.2, 0.25) is 0 Å². The van der Waals surface area contributed by atoms with Gasteiger partial charge in [0.05, 0.1) is 0 Å². The molecular formula is C60H108O6. The molecule has 0 radical (unpaired) electrons. The molecule has 0 aliphatic rings. The molecule has 0 N–H and O–H groups in total. The van der Waals surface area contributed by atoms with Gasteiger partial charge in [0, 0.05) is 19.3 Å². The van der Waals surface area contributed by atoms with Crippen LogP contribution in [0.3, 0.4) is 0 Å². The summed E-state index contributed by atoms with van der Waals surface area (Å²) in [6.07, 6.45) is 66.7. The highest BCUT2D eigenvalue weighted by Gasteiger charge is 2.19. The summed E-state index contributed by atoms with van der Waals surface area (Å²) in [5.41, 5.74) is 0. The molecule has 0 bridgehead atoms. The van der Waals surface area contributed by atoms with Gasteiger partial charge in [-0.05, 0) is 83.5 Å². The number of ether oxygens (including phenoxy) is 3. The van der Waals surface area contributed by atoms with Crippen LogP contribution in [-0.4, -0.2) is 37.2 Å².